The average molecular weight is 408 g/mol. The molecule has 0 fully saturated rings. The molecule has 1 amide bonds. The molecule has 0 saturated carbocycles. The Hall–Kier alpha value is -3.62. The summed E-state index contributed by atoms with van der Waals surface area (Å²) in [5.74, 6) is 0.640. The molecule has 0 aliphatic carbocycles. The molecule has 3 aromatic rings. The van der Waals surface area contributed by atoms with Crippen LogP contribution in [0.4, 0.5) is 16.3 Å². The summed E-state index contributed by atoms with van der Waals surface area (Å²) in [6.07, 6.45) is 5.52. The van der Waals surface area contributed by atoms with Crippen LogP contribution in [0.3, 0.4) is 0 Å². The van der Waals surface area contributed by atoms with E-state index < -0.39 is 5.60 Å². The van der Waals surface area contributed by atoms with Crippen LogP contribution in [0, 0.1) is 0 Å². The normalized spacial score (nSPS) is 14.5. The lowest BCUT2D eigenvalue weighted by Gasteiger charge is -2.29. The molecular formula is C21H24N6O3. The Morgan fingerprint density at radius 1 is 1.27 bits per heavy atom. The Morgan fingerprint density at radius 2 is 2.10 bits per heavy atom. The van der Waals surface area contributed by atoms with Crippen LogP contribution in [0.15, 0.2) is 41.6 Å². The Kier molecular flexibility index (Phi) is 5.03. The number of fused-ring (bicyclic) bond motifs is 1. The first kappa shape index (κ1) is 19.7. The lowest BCUT2D eigenvalue weighted by atomic mass is 10.1. The zero-order chi connectivity index (χ0) is 21.3. The number of ether oxygens (including phenoxy) is 1. The molecule has 0 unspecified atom stereocenters. The second-order valence-electron chi connectivity index (χ2n) is 8.14. The number of aromatic amines is 2. The summed E-state index contributed by atoms with van der Waals surface area (Å²) in [4.78, 5) is 39.8. The third-order valence-corrected chi connectivity index (χ3v) is 4.68. The van der Waals surface area contributed by atoms with E-state index >= 15 is 0 Å². The number of carbonyl (C=O) groups is 1. The minimum atomic E-state index is -0.508. The van der Waals surface area contributed by atoms with Gasteiger partial charge in [-0.1, -0.05) is 6.08 Å². The van der Waals surface area contributed by atoms with E-state index in [9.17, 15) is 9.59 Å². The lowest BCUT2D eigenvalue weighted by Crippen LogP contribution is -2.39. The van der Waals surface area contributed by atoms with Crippen LogP contribution < -0.4 is 10.9 Å². The molecule has 9 nitrogen and oxygen atoms in total. The summed E-state index contributed by atoms with van der Waals surface area (Å²) in [5, 5.41) is 4.05. The van der Waals surface area contributed by atoms with Gasteiger partial charge in [0.2, 0.25) is 5.56 Å². The van der Waals surface area contributed by atoms with E-state index in [4.69, 9.17) is 4.74 Å². The van der Waals surface area contributed by atoms with Crippen LogP contribution in [0.2, 0.25) is 0 Å². The van der Waals surface area contributed by atoms with Crippen molar-refractivity contribution in [1.29, 1.82) is 0 Å². The summed E-state index contributed by atoms with van der Waals surface area (Å²) in [6, 6.07) is 5.14. The number of hydrogen-bond acceptors (Lipinski definition) is 6. The molecule has 0 bridgehead atoms. The van der Waals surface area contributed by atoms with Crippen molar-refractivity contribution in [3.63, 3.8) is 0 Å². The van der Waals surface area contributed by atoms with Crippen molar-refractivity contribution in [2.24, 2.45) is 0 Å². The number of hydrogen-bond donors (Lipinski definition) is 3. The first-order valence-electron chi connectivity index (χ1n) is 9.75. The number of nitrogens with one attached hydrogen (secondary N) is 3. The minimum Gasteiger partial charge on any atom is -0.444 e. The molecule has 1 aliphatic rings. The highest BCUT2D eigenvalue weighted by Crippen LogP contribution is 2.29. The largest absolute Gasteiger partial charge is 0.444 e. The van der Waals surface area contributed by atoms with Gasteiger partial charge in [0.05, 0.1) is 11.1 Å². The average Bonchev–Trinajstić information content (AvgIpc) is 3.14. The van der Waals surface area contributed by atoms with Crippen molar-refractivity contribution in [1.82, 2.24) is 24.8 Å². The van der Waals surface area contributed by atoms with Gasteiger partial charge in [-0.25, -0.2) is 14.8 Å². The quantitative estimate of drug-likeness (QED) is 0.612. The van der Waals surface area contributed by atoms with E-state index in [0.29, 0.717) is 31.0 Å². The maximum atomic E-state index is 12.3. The molecule has 0 atom stereocenters. The van der Waals surface area contributed by atoms with E-state index in [2.05, 4.69) is 25.3 Å². The Morgan fingerprint density at radius 3 is 2.77 bits per heavy atom. The van der Waals surface area contributed by atoms with Crippen LogP contribution in [0.1, 0.15) is 32.9 Å². The topological polar surface area (TPSA) is 116 Å². The van der Waals surface area contributed by atoms with Crippen LogP contribution in [0.25, 0.3) is 16.6 Å². The van der Waals surface area contributed by atoms with Gasteiger partial charge in [0.15, 0.2) is 0 Å². The summed E-state index contributed by atoms with van der Waals surface area (Å²) in [5.41, 5.74) is 2.82. The predicted octanol–water partition coefficient (Wildman–Crippen LogP) is 3.41. The van der Waals surface area contributed by atoms with Crippen molar-refractivity contribution in [2.75, 3.05) is 18.4 Å². The highest BCUT2D eigenvalue weighted by Gasteiger charge is 2.24. The molecule has 30 heavy (non-hydrogen) atoms. The van der Waals surface area contributed by atoms with Gasteiger partial charge in [-0.3, -0.25) is 4.79 Å². The van der Waals surface area contributed by atoms with Gasteiger partial charge in [-0.2, -0.15) is 0 Å². The van der Waals surface area contributed by atoms with E-state index in [0.717, 1.165) is 22.3 Å². The van der Waals surface area contributed by atoms with Gasteiger partial charge in [0, 0.05) is 31.0 Å². The number of rotatable bonds is 3. The van der Waals surface area contributed by atoms with Crippen LogP contribution in [0.5, 0.6) is 0 Å². The summed E-state index contributed by atoms with van der Waals surface area (Å²) >= 11 is 0. The highest BCUT2D eigenvalue weighted by molar-refractivity contribution is 5.92. The molecule has 0 saturated heterocycles. The first-order valence-corrected chi connectivity index (χ1v) is 9.75. The fourth-order valence-electron chi connectivity index (χ4n) is 3.24. The zero-order valence-corrected chi connectivity index (χ0v) is 17.2. The Balaban J connectivity index is 1.54. The fourth-order valence-corrected chi connectivity index (χ4v) is 3.24. The van der Waals surface area contributed by atoms with Gasteiger partial charge in [0.25, 0.3) is 0 Å². The van der Waals surface area contributed by atoms with Crippen LogP contribution in [-0.4, -0.2) is 49.6 Å². The number of anilines is 2. The van der Waals surface area contributed by atoms with Gasteiger partial charge >= 0.3 is 6.09 Å². The molecule has 3 aromatic heterocycles. The molecule has 0 spiro atoms. The van der Waals surface area contributed by atoms with Gasteiger partial charge < -0.3 is 24.9 Å². The molecule has 1 aliphatic heterocycles. The minimum absolute atomic E-state index is 0.165. The third kappa shape index (κ3) is 4.35. The van der Waals surface area contributed by atoms with E-state index in [1.807, 2.05) is 32.9 Å². The van der Waals surface area contributed by atoms with E-state index in [-0.39, 0.29) is 11.7 Å². The van der Waals surface area contributed by atoms with Crippen LogP contribution >= 0.6 is 0 Å². The zero-order valence-electron chi connectivity index (χ0n) is 17.2. The summed E-state index contributed by atoms with van der Waals surface area (Å²) in [6.45, 7) is 6.67. The molecule has 156 valence electrons. The molecule has 4 heterocycles. The predicted molar refractivity (Wildman–Crippen MR) is 115 cm³/mol. The second kappa shape index (κ2) is 7.66. The maximum Gasteiger partial charge on any atom is 0.410 e. The Labute approximate surface area is 173 Å². The number of nitrogens with zero attached hydrogens (tertiary/aromatic N) is 3. The lowest BCUT2D eigenvalue weighted by molar-refractivity contribution is 0.0270. The first-order chi connectivity index (χ1) is 14.3. The highest BCUT2D eigenvalue weighted by atomic mass is 16.6. The van der Waals surface area contributed by atoms with Crippen molar-refractivity contribution >= 4 is 34.2 Å². The number of amides is 1. The number of aromatic nitrogens is 4. The molecule has 0 radical (unpaired) electrons. The summed E-state index contributed by atoms with van der Waals surface area (Å²) in [7, 11) is 0. The van der Waals surface area contributed by atoms with Gasteiger partial charge in [0.1, 0.15) is 23.4 Å². The van der Waals surface area contributed by atoms with Crippen molar-refractivity contribution < 1.29 is 9.53 Å². The number of carbonyl (C=O) groups excluding carboxylic acids is 1. The van der Waals surface area contributed by atoms with Crippen molar-refractivity contribution in [3.8, 4) is 0 Å². The molecule has 0 aromatic carbocycles. The molecule has 9 heteroatoms. The van der Waals surface area contributed by atoms with Crippen molar-refractivity contribution in [2.45, 2.75) is 32.8 Å². The van der Waals surface area contributed by atoms with Crippen molar-refractivity contribution in [3.05, 3.63) is 52.8 Å². The van der Waals surface area contributed by atoms with E-state index in [1.165, 1.54) is 12.4 Å². The molecule has 3 N–H and O–H groups in total. The van der Waals surface area contributed by atoms with Gasteiger partial charge in [-0.05, 0) is 44.9 Å². The number of pyridine rings is 1. The Bertz CT molecular complexity index is 1150. The maximum absolute atomic E-state index is 12.3. The summed E-state index contributed by atoms with van der Waals surface area (Å²) < 4.78 is 5.45. The second-order valence-corrected chi connectivity index (χ2v) is 8.14. The monoisotopic (exact) mass is 408 g/mol. The molecule has 4 rings (SSSR count). The smallest absolute Gasteiger partial charge is 0.410 e. The van der Waals surface area contributed by atoms with E-state index in [1.54, 1.807) is 17.2 Å². The molecular weight excluding hydrogens is 384 g/mol. The third-order valence-electron chi connectivity index (χ3n) is 4.68. The standard InChI is InChI=1S/C21H24N6O3/c1-21(2,3)30-20(29)27-8-6-13(7-9-27)16-10-15-18(23-12-24-19(15)26-16)25-14-4-5-17(28)22-11-14/h4-6,10-12H,7-9H2,1-3H3,(H,22,28)(H2,23,24,25,26). The number of H-pyrrole nitrogens is 2. The van der Waals surface area contributed by atoms with Gasteiger partial charge in [-0.15, -0.1) is 0 Å². The van der Waals surface area contributed by atoms with Crippen LogP contribution in [-0.2, 0) is 4.74 Å². The SMILES string of the molecule is CC(C)(C)OC(=O)N1CC=C(c2cc3c(Nc4ccc(=O)[nH]c4)ncnc3[nH]2)CC1. The fraction of sp³-hybridized carbons (Fsp3) is 0.333.